The molecule has 0 saturated carbocycles. The molecule has 0 aromatic rings. The van der Waals surface area contributed by atoms with Crippen LogP contribution in [-0.2, 0) is 14.3 Å². The van der Waals surface area contributed by atoms with Crippen LogP contribution in [0, 0.1) is 5.92 Å². The Kier molecular flexibility index (Phi) is 4.56. The lowest BCUT2D eigenvalue weighted by Crippen LogP contribution is -2.53. The minimum absolute atomic E-state index is 0.314. The number of hydrogen-bond acceptors (Lipinski definition) is 5. The molecule has 104 valence electrons. The van der Waals surface area contributed by atoms with Crippen LogP contribution in [0.1, 0.15) is 27.2 Å². The Hall–Kier alpha value is -1.30. The Labute approximate surface area is 107 Å². The van der Waals surface area contributed by atoms with Crippen molar-refractivity contribution >= 4 is 12.1 Å². The van der Waals surface area contributed by atoms with Gasteiger partial charge in [-0.3, -0.25) is 4.79 Å². The Morgan fingerprint density at radius 2 is 1.94 bits per heavy atom. The van der Waals surface area contributed by atoms with Crippen molar-refractivity contribution in [2.75, 3.05) is 20.2 Å². The Morgan fingerprint density at radius 1 is 1.33 bits per heavy atom. The molecule has 1 saturated heterocycles. The van der Waals surface area contributed by atoms with E-state index in [4.69, 9.17) is 10.5 Å². The number of methoxy groups -OCH3 is 1. The maximum Gasteiger partial charge on any atom is 0.410 e. The molecule has 1 aliphatic heterocycles. The molecule has 0 spiro atoms. The van der Waals surface area contributed by atoms with Gasteiger partial charge >= 0.3 is 12.1 Å². The van der Waals surface area contributed by atoms with Crippen LogP contribution in [0.3, 0.4) is 0 Å². The first-order valence-electron chi connectivity index (χ1n) is 6.06. The minimum atomic E-state index is -0.527. The van der Waals surface area contributed by atoms with E-state index in [9.17, 15) is 9.59 Å². The molecule has 0 aromatic heterocycles. The van der Waals surface area contributed by atoms with Crippen molar-refractivity contribution in [2.24, 2.45) is 11.7 Å². The lowest BCUT2D eigenvalue weighted by atomic mass is 9.92. The van der Waals surface area contributed by atoms with E-state index in [1.54, 1.807) is 0 Å². The zero-order chi connectivity index (χ0) is 13.9. The smallest absolute Gasteiger partial charge is 0.410 e. The zero-order valence-corrected chi connectivity index (χ0v) is 11.4. The molecule has 18 heavy (non-hydrogen) atoms. The second-order valence-corrected chi connectivity index (χ2v) is 5.51. The number of carbonyl (C=O) groups excluding carboxylic acids is 2. The van der Waals surface area contributed by atoms with Gasteiger partial charge in [-0.25, -0.2) is 4.79 Å². The maximum absolute atomic E-state index is 11.8. The number of rotatable bonds is 1. The molecular formula is C12H22N2O4. The molecule has 1 rings (SSSR count). The summed E-state index contributed by atoms with van der Waals surface area (Å²) >= 11 is 0. The molecule has 0 aromatic carbocycles. The Morgan fingerprint density at radius 3 is 2.39 bits per heavy atom. The van der Waals surface area contributed by atoms with Gasteiger partial charge < -0.3 is 20.1 Å². The maximum atomic E-state index is 11.8. The number of esters is 1. The first-order valence-corrected chi connectivity index (χ1v) is 6.06. The molecule has 0 aliphatic carbocycles. The molecule has 0 radical (unpaired) electrons. The number of piperidine rings is 1. The summed E-state index contributed by atoms with van der Waals surface area (Å²) in [4.78, 5) is 24.8. The molecule has 1 amide bonds. The van der Waals surface area contributed by atoms with Gasteiger partial charge in [0, 0.05) is 19.1 Å². The number of nitrogens with two attached hydrogens (primary N) is 1. The van der Waals surface area contributed by atoms with Gasteiger partial charge in [0.25, 0.3) is 0 Å². The third kappa shape index (κ3) is 3.87. The van der Waals surface area contributed by atoms with Crippen LogP contribution in [0.25, 0.3) is 0 Å². The van der Waals surface area contributed by atoms with E-state index >= 15 is 0 Å². The summed E-state index contributed by atoms with van der Waals surface area (Å²) in [5.74, 6) is -0.653. The van der Waals surface area contributed by atoms with Crippen molar-refractivity contribution in [2.45, 2.75) is 38.8 Å². The summed E-state index contributed by atoms with van der Waals surface area (Å²) in [6.45, 7) is 6.21. The van der Waals surface area contributed by atoms with Crippen LogP contribution in [0.2, 0.25) is 0 Å². The molecule has 2 N–H and O–H groups in total. The third-order valence-corrected chi connectivity index (χ3v) is 2.81. The van der Waals surface area contributed by atoms with Gasteiger partial charge in [-0.2, -0.15) is 0 Å². The first kappa shape index (κ1) is 14.8. The Bertz CT molecular complexity index is 325. The molecule has 0 unspecified atom stereocenters. The van der Waals surface area contributed by atoms with Crippen molar-refractivity contribution in [3.8, 4) is 0 Å². The zero-order valence-electron chi connectivity index (χ0n) is 11.4. The highest BCUT2D eigenvalue weighted by molar-refractivity contribution is 5.74. The van der Waals surface area contributed by atoms with E-state index in [1.807, 2.05) is 20.8 Å². The molecular weight excluding hydrogens is 236 g/mol. The van der Waals surface area contributed by atoms with Crippen LogP contribution in [0.15, 0.2) is 0 Å². The average molecular weight is 258 g/mol. The summed E-state index contributed by atoms with van der Waals surface area (Å²) in [6.07, 6.45) is 0.119. The second-order valence-electron chi connectivity index (χ2n) is 5.51. The van der Waals surface area contributed by atoms with Crippen molar-refractivity contribution in [3.63, 3.8) is 0 Å². The van der Waals surface area contributed by atoms with E-state index in [-0.39, 0.29) is 18.0 Å². The van der Waals surface area contributed by atoms with Crippen LogP contribution in [-0.4, -0.2) is 48.8 Å². The largest absolute Gasteiger partial charge is 0.469 e. The SMILES string of the molecule is COC(=O)[C@H]1CCN(C(=O)OC(C)(C)C)C[C@@H]1N. The van der Waals surface area contributed by atoms with Crippen LogP contribution in [0.4, 0.5) is 4.79 Å². The highest BCUT2D eigenvalue weighted by Crippen LogP contribution is 2.20. The lowest BCUT2D eigenvalue weighted by Gasteiger charge is -2.36. The Balaban J connectivity index is 2.55. The first-order chi connectivity index (χ1) is 8.24. The number of nitrogens with zero attached hydrogens (tertiary/aromatic N) is 1. The minimum Gasteiger partial charge on any atom is -0.469 e. The predicted molar refractivity (Wildman–Crippen MR) is 65.9 cm³/mol. The van der Waals surface area contributed by atoms with Gasteiger partial charge in [0.2, 0.25) is 0 Å². The fourth-order valence-electron chi connectivity index (χ4n) is 1.92. The number of ether oxygens (including phenoxy) is 2. The average Bonchev–Trinajstić information content (AvgIpc) is 2.25. The van der Waals surface area contributed by atoms with Gasteiger partial charge in [0.05, 0.1) is 13.0 Å². The van der Waals surface area contributed by atoms with Crippen molar-refractivity contribution < 1.29 is 19.1 Å². The van der Waals surface area contributed by atoms with E-state index in [1.165, 1.54) is 12.0 Å². The highest BCUT2D eigenvalue weighted by Gasteiger charge is 2.35. The van der Waals surface area contributed by atoms with Gasteiger partial charge in [0.15, 0.2) is 0 Å². The van der Waals surface area contributed by atoms with Crippen LogP contribution >= 0.6 is 0 Å². The van der Waals surface area contributed by atoms with Gasteiger partial charge in [0.1, 0.15) is 5.60 Å². The van der Waals surface area contributed by atoms with E-state index in [0.29, 0.717) is 19.5 Å². The normalized spacial score (nSPS) is 24.6. The number of hydrogen-bond donors (Lipinski definition) is 1. The molecule has 6 heteroatoms. The van der Waals surface area contributed by atoms with Crippen LogP contribution in [0.5, 0.6) is 0 Å². The third-order valence-electron chi connectivity index (χ3n) is 2.81. The molecule has 0 bridgehead atoms. The van der Waals surface area contributed by atoms with E-state index < -0.39 is 11.6 Å². The second kappa shape index (κ2) is 5.56. The molecule has 1 fully saturated rings. The monoisotopic (exact) mass is 258 g/mol. The lowest BCUT2D eigenvalue weighted by molar-refractivity contribution is -0.147. The fourth-order valence-corrected chi connectivity index (χ4v) is 1.92. The summed E-state index contributed by atoms with van der Waals surface area (Å²) in [5.41, 5.74) is 5.37. The summed E-state index contributed by atoms with van der Waals surface area (Å²) < 4.78 is 9.95. The molecule has 1 aliphatic rings. The van der Waals surface area contributed by atoms with Gasteiger partial charge in [-0.15, -0.1) is 0 Å². The van der Waals surface area contributed by atoms with E-state index in [0.717, 1.165) is 0 Å². The fraction of sp³-hybridized carbons (Fsp3) is 0.833. The van der Waals surface area contributed by atoms with Gasteiger partial charge in [-0.1, -0.05) is 0 Å². The number of carbonyl (C=O) groups is 2. The van der Waals surface area contributed by atoms with Crippen molar-refractivity contribution in [1.29, 1.82) is 0 Å². The van der Waals surface area contributed by atoms with Crippen molar-refractivity contribution in [3.05, 3.63) is 0 Å². The topological polar surface area (TPSA) is 81.9 Å². The number of amides is 1. The quantitative estimate of drug-likeness (QED) is 0.702. The van der Waals surface area contributed by atoms with E-state index in [2.05, 4.69) is 4.74 Å². The molecule has 1 heterocycles. The summed E-state index contributed by atoms with van der Waals surface area (Å²) in [5, 5.41) is 0. The predicted octanol–water partition coefficient (Wildman–Crippen LogP) is 0.744. The standard InChI is InChI=1S/C12H22N2O4/c1-12(2,3)18-11(16)14-6-5-8(9(13)7-14)10(15)17-4/h8-9H,5-7,13H2,1-4H3/t8-,9-/m0/s1. The summed E-state index contributed by atoms with van der Waals surface area (Å²) in [7, 11) is 1.34. The highest BCUT2D eigenvalue weighted by atomic mass is 16.6. The number of likely N-dealkylation sites (tertiary alicyclic amines) is 1. The van der Waals surface area contributed by atoms with Gasteiger partial charge in [-0.05, 0) is 27.2 Å². The summed E-state index contributed by atoms with van der Waals surface area (Å²) in [6, 6.07) is -0.404. The van der Waals surface area contributed by atoms with Crippen molar-refractivity contribution in [1.82, 2.24) is 4.90 Å². The van der Waals surface area contributed by atoms with Crippen LogP contribution < -0.4 is 5.73 Å². The molecule has 6 nitrogen and oxygen atoms in total. The molecule has 2 atom stereocenters.